The van der Waals surface area contributed by atoms with Crippen LogP contribution in [0, 0.1) is 23.2 Å². The maximum Gasteiger partial charge on any atom is 0.270 e. The molecule has 2 amide bonds. The molecular weight excluding hydrogens is 578 g/mol. The largest absolute Gasteiger partial charge is 0.368 e. The highest BCUT2D eigenvalue weighted by atomic mass is 16.2. The zero-order valence-electron chi connectivity index (χ0n) is 26.8. The summed E-state index contributed by atoms with van der Waals surface area (Å²) in [7, 11) is 0. The van der Waals surface area contributed by atoms with Crippen LogP contribution in [0.3, 0.4) is 0 Å². The maximum atomic E-state index is 13.2. The van der Waals surface area contributed by atoms with Crippen LogP contribution in [0.1, 0.15) is 73.5 Å². The first kappa shape index (κ1) is 29.6. The first-order valence-corrected chi connectivity index (χ1v) is 17.3. The lowest BCUT2D eigenvalue weighted by Gasteiger charge is -2.57. The number of fused-ring (bicyclic) bond motifs is 1. The van der Waals surface area contributed by atoms with Crippen molar-refractivity contribution in [3.8, 4) is 0 Å². The van der Waals surface area contributed by atoms with Crippen molar-refractivity contribution in [3.63, 3.8) is 0 Å². The number of nitrogens with zero attached hydrogens (tertiary/aromatic N) is 5. The molecule has 4 bridgehead atoms. The monoisotopic (exact) mass is 623 g/mol. The van der Waals surface area contributed by atoms with Crippen LogP contribution >= 0.6 is 0 Å². The number of carbonyl (C=O) groups excluding carboxylic acids is 2. The van der Waals surface area contributed by atoms with Crippen molar-refractivity contribution in [1.29, 1.82) is 0 Å². The molecule has 9 rings (SSSR count). The van der Waals surface area contributed by atoms with E-state index in [9.17, 15) is 14.4 Å². The third-order valence-corrected chi connectivity index (χ3v) is 11.6. The van der Waals surface area contributed by atoms with Crippen molar-refractivity contribution >= 4 is 28.5 Å². The van der Waals surface area contributed by atoms with Gasteiger partial charge in [0.15, 0.2) is 0 Å². The minimum absolute atomic E-state index is 0.00534. The van der Waals surface area contributed by atoms with Gasteiger partial charge < -0.3 is 20.1 Å². The fourth-order valence-corrected chi connectivity index (χ4v) is 9.62. The lowest BCUT2D eigenvalue weighted by Crippen LogP contribution is -2.62. The first-order chi connectivity index (χ1) is 22.3. The normalized spacial score (nSPS) is 27.6. The van der Waals surface area contributed by atoms with Gasteiger partial charge in [-0.2, -0.15) is 0 Å². The van der Waals surface area contributed by atoms with E-state index in [1.807, 2.05) is 36.2 Å². The summed E-state index contributed by atoms with van der Waals surface area (Å²) in [6.45, 7) is 7.47. The zero-order valence-corrected chi connectivity index (χ0v) is 26.8. The predicted octanol–water partition coefficient (Wildman–Crippen LogP) is 3.75. The van der Waals surface area contributed by atoms with Gasteiger partial charge in [0.05, 0.1) is 29.0 Å². The number of hydrogen-bond donors (Lipinski definition) is 2. The average molecular weight is 624 g/mol. The molecule has 10 heteroatoms. The number of nitrogens with one attached hydrogen (secondary N) is 2. The van der Waals surface area contributed by atoms with Crippen molar-refractivity contribution in [2.75, 3.05) is 44.2 Å². The van der Waals surface area contributed by atoms with Gasteiger partial charge in [0, 0.05) is 64.0 Å². The van der Waals surface area contributed by atoms with Crippen LogP contribution < -0.4 is 15.8 Å². The summed E-state index contributed by atoms with van der Waals surface area (Å²) < 4.78 is 0. The second-order valence-electron chi connectivity index (χ2n) is 15.0. The molecular formula is C36H45N7O3. The fraction of sp³-hybridized carbons (Fsp3) is 0.583. The van der Waals surface area contributed by atoms with Crippen LogP contribution in [0.5, 0.6) is 0 Å². The molecule has 2 saturated heterocycles. The molecule has 4 aliphatic carbocycles. The summed E-state index contributed by atoms with van der Waals surface area (Å²) in [6, 6.07) is 7.69. The van der Waals surface area contributed by atoms with Crippen molar-refractivity contribution in [2.45, 2.75) is 70.9 Å². The van der Waals surface area contributed by atoms with E-state index in [1.165, 1.54) is 38.5 Å². The Kier molecular flexibility index (Phi) is 7.58. The van der Waals surface area contributed by atoms with E-state index in [-0.39, 0.29) is 28.8 Å². The topological polar surface area (TPSA) is 115 Å². The summed E-state index contributed by atoms with van der Waals surface area (Å²) >= 11 is 0. The van der Waals surface area contributed by atoms with Gasteiger partial charge in [-0.25, -0.2) is 4.98 Å². The second kappa shape index (κ2) is 11.8. The van der Waals surface area contributed by atoms with Crippen molar-refractivity contribution in [3.05, 3.63) is 63.8 Å². The highest BCUT2D eigenvalue weighted by Crippen LogP contribution is 2.61. The van der Waals surface area contributed by atoms with Gasteiger partial charge in [-0.05, 0) is 97.9 Å². The van der Waals surface area contributed by atoms with Gasteiger partial charge in [0.1, 0.15) is 5.69 Å². The number of rotatable bonds is 8. The van der Waals surface area contributed by atoms with Crippen molar-refractivity contribution in [2.24, 2.45) is 23.2 Å². The summed E-state index contributed by atoms with van der Waals surface area (Å²) in [5.74, 6) is 2.67. The van der Waals surface area contributed by atoms with Gasteiger partial charge in [0.25, 0.3) is 11.5 Å². The molecule has 0 aromatic carbocycles. The number of H-pyrrole nitrogens is 1. The van der Waals surface area contributed by atoms with Crippen LogP contribution in [-0.2, 0) is 17.8 Å². The molecule has 3 aromatic heterocycles. The Morgan fingerprint density at radius 3 is 2.33 bits per heavy atom. The number of amides is 2. The molecule has 10 nitrogen and oxygen atoms in total. The van der Waals surface area contributed by atoms with Gasteiger partial charge in [-0.15, -0.1) is 0 Å². The summed E-state index contributed by atoms with van der Waals surface area (Å²) in [6.07, 6.45) is 13.0. The summed E-state index contributed by atoms with van der Waals surface area (Å²) in [4.78, 5) is 57.0. The molecule has 4 saturated carbocycles. The standard InChI is InChI=1S/C36H45N7O3/c1-2-27-13-31-32(40-34(27)45)12-26(18-37-31)20-41-5-7-42(8-6-41)29-3-4-30(38-19-29)35(46)39-28-21-43(22-28)33(44)17-36-14-23-9-24(15-36)11-25(10-23)16-36/h3-4,12-13,18-19,23-25,28H,2,5-11,14-17,20-22H2,1H3,(H,39,46)(H,40,45). The number of anilines is 1. The zero-order chi connectivity index (χ0) is 31.4. The molecule has 242 valence electrons. The number of aromatic nitrogens is 3. The number of aromatic amines is 1. The average Bonchev–Trinajstić information content (AvgIpc) is 3.01. The third kappa shape index (κ3) is 5.80. The quantitative estimate of drug-likeness (QED) is 0.393. The molecule has 0 radical (unpaired) electrons. The number of carbonyl (C=O) groups is 2. The van der Waals surface area contributed by atoms with E-state index in [4.69, 9.17) is 0 Å². The predicted molar refractivity (Wildman–Crippen MR) is 177 cm³/mol. The van der Waals surface area contributed by atoms with Crippen LogP contribution in [0.4, 0.5) is 5.69 Å². The van der Waals surface area contributed by atoms with E-state index in [0.29, 0.717) is 31.6 Å². The van der Waals surface area contributed by atoms with E-state index in [0.717, 1.165) is 78.3 Å². The number of piperazine rings is 1. The molecule has 0 spiro atoms. The van der Waals surface area contributed by atoms with Gasteiger partial charge in [-0.1, -0.05) is 6.92 Å². The van der Waals surface area contributed by atoms with Gasteiger partial charge in [-0.3, -0.25) is 24.3 Å². The molecule has 2 N–H and O–H groups in total. The molecule has 5 heterocycles. The van der Waals surface area contributed by atoms with Crippen LogP contribution in [0.2, 0.25) is 0 Å². The smallest absolute Gasteiger partial charge is 0.270 e. The SMILES string of the molecule is CCc1cc2ncc(CN3CCN(c4ccc(C(=O)NC5CN(C(=O)CC67CC8CC(CC(C8)C6)C7)C5)nc4)CC3)cc2[nH]c1=O. The minimum atomic E-state index is -0.175. The van der Waals surface area contributed by atoms with Crippen molar-refractivity contribution in [1.82, 2.24) is 30.1 Å². The Morgan fingerprint density at radius 1 is 0.957 bits per heavy atom. The Balaban J connectivity index is 0.789. The Morgan fingerprint density at radius 2 is 1.67 bits per heavy atom. The molecule has 46 heavy (non-hydrogen) atoms. The van der Waals surface area contributed by atoms with E-state index in [2.05, 4.69) is 30.1 Å². The summed E-state index contributed by atoms with van der Waals surface area (Å²) in [5, 5.41) is 3.08. The molecule has 6 fully saturated rings. The fourth-order valence-electron chi connectivity index (χ4n) is 9.62. The van der Waals surface area contributed by atoms with E-state index < -0.39 is 0 Å². The number of likely N-dealkylation sites (tertiary alicyclic amines) is 1. The Bertz CT molecular complexity index is 1650. The molecule has 0 unspecified atom stereocenters. The number of pyridine rings is 3. The number of hydrogen-bond acceptors (Lipinski definition) is 7. The summed E-state index contributed by atoms with van der Waals surface area (Å²) in [5.41, 5.74) is 5.08. The maximum absolute atomic E-state index is 13.2. The van der Waals surface area contributed by atoms with Crippen molar-refractivity contribution < 1.29 is 9.59 Å². The first-order valence-electron chi connectivity index (χ1n) is 17.3. The highest BCUT2D eigenvalue weighted by Gasteiger charge is 2.52. The molecule has 3 aromatic rings. The second-order valence-corrected chi connectivity index (χ2v) is 15.0. The Hall–Kier alpha value is -3.79. The van der Waals surface area contributed by atoms with Gasteiger partial charge in [0.2, 0.25) is 5.91 Å². The van der Waals surface area contributed by atoms with Crippen LogP contribution in [0.25, 0.3) is 11.0 Å². The molecule has 6 aliphatic rings. The molecule has 0 atom stereocenters. The third-order valence-electron chi connectivity index (χ3n) is 11.6. The lowest BCUT2D eigenvalue weighted by atomic mass is 9.49. The van der Waals surface area contributed by atoms with Crippen LogP contribution in [-0.4, -0.2) is 81.9 Å². The number of aryl methyl sites for hydroxylation is 1. The highest BCUT2D eigenvalue weighted by molar-refractivity contribution is 5.93. The minimum Gasteiger partial charge on any atom is -0.368 e. The Labute approximate surface area is 270 Å². The van der Waals surface area contributed by atoms with E-state index >= 15 is 0 Å². The molecule has 2 aliphatic heterocycles. The van der Waals surface area contributed by atoms with Gasteiger partial charge >= 0.3 is 0 Å². The van der Waals surface area contributed by atoms with Crippen LogP contribution in [0.15, 0.2) is 41.5 Å². The lowest BCUT2D eigenvalue weighted by molar-refractivity contribution is -0.144. The van der Waals surface area contributed by atoms with E-state index in [1.54, 1.807) is 12.3 Å².